The number of pyridine rings is 1. The highest BCUT2D eigenvalue weighted by Crippen LogP contribution is 2.25. The summed E-state index contributed by atoms with van der Waals surface area (Å²) in [4.78, 5) is 4.20. The Morgan fingerprint density at radius 2 is 2.27 bits per heavy atom. The third-order valence-electron chi connectivity index (χ3n) is 1.95. The average molecular weight is 220 g/mol. The second-order valence-electron chi connectivity index (χ2n) is 3.20. The molecule has 3 nitrogen and oxygen atoms in total. The average Bonchev–Trinajstić information content (AvgIpc) is 2.63. The van der Waals surface area contributed by atoms with E-state index in [-0.39, 0.29) is 0 Å². The topological polar surface area (TPSA) is 52.0 Å². The lowest BCUT2D eigenvalue weighted by molar-refractivity contribution is 0.501. The van der Waals surface area contributed by atoms with Gasteiger partial charge < -0.3 is 10.2 Å². The van der Waals surface area contributed by atoms with Crippen LogP contribution in [-0.4, -0.2) is 4.98 Å². The number of aromatic nitrogens is 1. The maximum absolute atomic E-state index is 5.78. The van der Waals surface area contributed by atoms with Gasteiger partial charge in [0.15, 0.2) is 0 Å². The van der Waals surface area contributed by atoms with Crippen molar-refractivity contribution in [2.75, 3.05) is 5.73 Å². The van der Waals surface area contributed by atoms with E-state index in [0.717, 1.165) is 22.3 Å². The number of nitrogens with zero attached hydrogens (tertiary/aromatic N) is 1. The van der Waals surface area contributed by atoms with Crippen LogP contribution >= 0.6 is 11.8 Å². The molecule has 2 heterocycles. The van der Waals surface area contributed by atoms with E-state index < -0.39 is 0 Å². The summed E-state index contributed by atoms with van der Waals surface area (Å²) in [5.74, 6) is 2.64. The van der Waals surface area contributed by atoms with Gasteiger partial charge in [-0.15, -0.1) is 0 Å². The highest BCUT2D eigenvalue weighted by atomic mass is 32.2. The van der Waals surface area contributed by atoms with Gasteiger partial charge in [0.05, 0.1) is 11.4 Å². The maximum atomic E-state index is 5.78. The quantitative estimate of drug-likeness (QED) is 0.808. The van der Waals surface area contributed by atoms with Gasteiger partial charge in [-0.1, -0.05) is 11.8 Å². The number of aryl methyl sites for hydroxylation is 1. The summed E-state index contributed by atoms with van der Waals surface area (Å²) < 4.78 is 5.46. The number of hydrogen-bond acceptors (Lipinski definition) is 4. The number of anilines is 1. The van der Waals surface area contributed by atoms with Crippen molar-refractivity contribution in [1.82, 2.24) is 4.98 Å². The zero-order chi connectivity index (χ0) is 10.7. The molecule has 0 fully saturated rings. The van der Waals surface area contributed by atoms with Crippen LogP contribution in [0.5, 0.6) is 0 Å². The fraction of sp³-hybridized carbons (Fsp3) is 0.182. The minimum absolute atomic E-state index is 0.714. The van der Waals surface area contributed by atoms with Crippen LogP contribution in [0, 0.1) is 6.92 Å². The van der Waals surface area contributed by atoms with Crippen molar-refractivity contribution in [3.63, 3.8) is 0 Å². The largest absolute Gasteiger partial charge is 0.465 e. The van der Waals surface area contributed by atoms with Crippen molar-refractivity contribution in [3.05, 3.63) is 42.0 Å². The lowest BCUT2D eigenvalue weighted by atomic mass is 10.4. The van der Waals surface area contributed by atoms with E-state index in [0.29, 0.717) is 5.69 Å². The first-order valence-corrected chi connectivity index (χ1v) is 5.63. The van der Waals surface area contributed by atoms with Crippen LogP contribution in [-0.2, 0) is 5.75 Å². The van der Waals surface area contributed by atoms with Crippen molar-refractivity contribution < 1.29 is 4.42 Å². The summed E-state index contributed by atoms with van der Waals surface area (Å²) in [6, 6.07) is 7.61. The molecule has 0 aliphatic rings. The predicted molar refractivity (Wildman–Crippen MR) is 61.7 cm³/mol. The molecular formula is C11H12N2OS. The Bertz CT molecular complexity index is 453. The molecule has 0 aliphatic carbocycles. The number of furan rings is 1. The smallest absolute Gasteiger partial charge is 0.119 e. The molecule has 0 aliphatic heterocycles. The Labute approximate surface area is 92.7 Å². The number of rotatable bonds is 3. The third kappa shape index (κ3) is 2.53. The van der Waals surface area contributed by atoms with Crippen molar-refractivity contribution in [2.24, 2.45) is 0 Å². The molecule has 2 aromatic heterocycles. The molecule has 0 radical (unpaired) electrons. The molecule has 0 unspecified atom stereocenters. The van der Waals surface area contributed by atoms with Crippen molar-refractivity contribution in [3.8, 4) is 0 Å². The highest BCUT2D eigenvalue weighted by Gasteiger charge is 2.03. The highest BCUT2D eigenvalue weighted by molar-refractivity contribution is 7.98. The second kappa shape index (κ2) is 4.40. The summed E-state index contributed by atoms with van der Waals surface area (Å²) in [5, 5.41) is 0.853. The zero-order valence-electron chi connectivity index (χ0n) is 8.43. The minimum atomic E-state index is 0.714. The molecule has 2 N–H and O–H groups in total. The van der Waals surface area contributed by atoms with Crippen molar-refractivity contribution in [1.29, 1.82) is 0 Å². The number of hydrogen-bond donors (Lipinski definition) is 1. The molecule has 4 heteroatoms. The van der Waals surface area contributed by atoms with Gasteiger partial charge in [0.25, 0.3) is 0 Å². The Kier molecular flexibility index (Phi) is 2.97. The Morgan fingerprint density at radius 3 is 2.93 bits per heavy atom. The molecule has 0 bridgehead atoms. The fourth-order valence-corrected chi connectivity index (χ4v) is 2.03. The molecule has 0 spiro atoms. The van der Waals surface area contributed by atoms with Crippen molar-refractivity contribution in [2.45, 2.75) is 17.7 Å². The number of nitrogen functional groups attached to an aromatic ring is 1. The van der Waals surface area contributed by atoms with Crippen LogP contribution in [0.2, 0.25) is 0 Å². The van der Waals surface area contributed by atoms with E-state index >= 15 is 0 Å². The molecule has 0 amide bonds. The van der Waals surface area contributed by atoms with E-state index in [2.05, 4.69) is 4.98 Å². The van der Waals surface area contributed by atoms with Gasteiger partial charge in [-0.25, -0.2) is 4.98 Å². The monoisotopic (exact) mass is 220 g/mol. The molecule has 0 atom stereocenters. The van der Waals surface area contributed by atoms with Gasteiger partial charge in [-0.05, 0) is 31.2 Å². The molecule has 15 heavy (non-hydrogen) atoms. The molecular weight excluding hydrogens is 208 g/mol. The Morgan fingerprint density at radius 1 is 1.40 bits per heavy atom. The van der Waals surface area contributed by atoms with Crippen molar-refractivity contribution >= 4 is 17.4 Å². The van der Waals surface area contributed by atoms with E-state index in [9.17, 15) is 0 Å². The first-order chi connectivity index (χ1) is 7.25. The van der Waals surface area contributed by atoms with E-state index in [1.807, 2.05) is 31.2 Å². The summed E-state index contributed by atoms with van der Waals surface area (Å²) in [6.45, 7) is 1.93. The molecule has 2 rings (SSSR count). The summed E-state index contributed by atoms with van der Waals surface area (Å²) in [6.07, 6.45) is 1.74. The van der Waals surface area contributed by atoms with E-state index in [1.165, 1.54) is 0 Å². The van der Waals surface area contributed by atoms with Gasteiger partial charge in [0, 0.05) is 6.20 Å². The number of thioether (sulfide) groups is 1. The van der Waals surface area contributed by atoms with Crippen LogP contribution in [0.15, 0.2) is 39.9 Å². The lowest BCUT2D eigenvalue weighted by Gasteiger charge is -2.01. The van der Waals surface area contributed by atoms with Gasteiger partial charge in [0.2, 0.25) is 0 Å². The fourth-order valence-electron chi connectivity index (χ4n) is 1.23. The van der Waals surface area contributed by atoms with Crippen LogP contribution in [0.4, 0.5) is 5.69 Å². The summed E-state index contributed by atoms with van der Waals surface area (Å²) in [5.41, 5.74) is 6.49. The Hall–Kier alpha value is -1.42. The van der Waals surface area contributed by atoms with Crippen LogP contribution in [0.1, 0.15) is 11.5 Å². The van der Waals surface area contributed by atoms with Gasteiger partial charge >= 0.3 is 0 Å². The number of nitrogens with two attached hydrogens (primary N) is 1. The third-order valence-corrected chi connectivity index (χ3v) is 2.99. The molecule has 2 aromatic rings. The maximum Gasteiger partial charge on any atom is 0.119 e. The SMILES string of the molecule is Cc1ccc(CSc2ncccc2N)o1. The lowest BCUT2D eigenvalue weighted by Crippen LogP contribution is -1.90. The summed E-state index contributed by atoms with van der Waals surface area (Å²) in [7, 11) is 0. The normalized spacial score (nSPS) is 10.5. The molecule has 0 saturated carbocycles. The molecule has 78 valence electrons. The van der Waals surface area contributed by atoms with Gasteiger partial charge in [0.1, 0.15) is 16.5 Å². The first kappa shape index (κ1) is 10.1. The molecule has 0 aromatic carbocycles. The predicted octanol–water partition coefficient (Wildman–Crippen LogP) is 2.86. The summed E-state index contributed by atoms with van der Waals surface area (Å²) >= 11 is 1.58. The molecule has 0 saturated heterocycles. The van der Waals surface area contributed by atoms with Gasteiger partial charge in [-0.3, -0.25) is 0 Å². The van der Waals surface area contributed by atoms with Gasteiger partial charge in [-0.2, -0.15) is 0 Å². The second-order valence-corrected chi connectivity index (χ2v) is 4.16. The van der Waals surface area contributed by atoms with E-state index in [1.54, 1.807) is 18.0 Å². The Balaban J connectivity index is 2.02. The first-order valence-electron chi connectivity index (χ1n) is 4.64. The van der Waals surface area contributed by atoms with Crippen LogP contribution in [0.25, 0.3) is 0 Å². The zero-order valence-corrected chi connectivity index (χ0v) is 9.25. The van der Waals surface area contributed by atoms with E-state index in [4.69, 9.17) is 10.2 Å². The van der Waals surface area contributed by atoms with Crippen LogP contribution in [0.3, 0.4) is 0 Å². The minimum Gasteiger partial charge on any atom is -0.465 e. The standard InChI is InChI=1S/C11H12N2OS/c1-8-4-5-9(14-8)7-15-11-10(12)3-2-6-13-11/h2-6H,7,12H2,1H3. The van der Waals surface area contributed by atoms with Crippen LogP contribution < -0.4 is 5.73 Å².